The molecule has 1 aliphatic rings. The van der Waals surface area contributed by atoms with Crippen LogP contribution in [0.1, 0.15) is 16.8 Å². The molecule has 9 heteroatoms. The van der Waals surface area contributed by atoms with Gasteiger partial charge in [0.15, 0.2) is 5.82 Å². The van der Waals surface area contributed by atoms with E-state index in [-0.39, 0.29) is 29.7 Å². The molecule has 3 N–H and O–H groups in total. The van der Waals surface area contributed by atoms with Gasteiger partial charge in [0.1, 0.15) is 17.1 Å². The number of carboxylic acid groups (broad SMARTS) is 1. The van der Waals surface area contributed by atoms with E-state index in [0.29, 0.717) is 12.1 Å². The Balaban J connectivity index is 2.21. The fraction of sp³-hybridized carbons (Fsp3) is 0.214. The van der Waals surface area contributed by atoms with Crippen LogP contribution in [-0.4, -0.2) is 40.1 Å². The summed E-state index contributed by atoms with van der Waals surface area (Å²) >= 11 is 0. The Morgan fingerprint density at radius 1 is 1.39 bits per heavy atom. The van der Waals surface area contributed by atoms with Crippen molar-refractivity contribution in [3.63, 3.8) is 0 Å². The third-order valence-electron chi connectivity index (χ3n) is 3.78. The fourth-order valence-corrected chi connectivity index (χ4v) is 2.65. The highest BCUT2D eigenvalue weighted by atomic mass is 19.1. The highest BCUT2D eigenvalue weighted by molar-refractivity contribution is 5.95. The molecule has 0 spiro atoms. The van der Waals surface area contributed by atoms with Crippen molar-refractivity contribution in [2.75, 3.05) is 18.0 Å². The number of nitrogens with zero attached hydrogens (tertiary/aromatic N) is 2. The normalized spacial score (nSPS) is 16.4. The molecule has 0 bridgehead atoms. The molecule has 3 rings (SSSR count). The van der Waals surface area contributed by atoms with Crippen molar-refractivity contribution in [1.82, 2.24) is 4.98 Å². The minimum absolute atomic E-state index is 0.0628. The van der Waals surface area contributed by atoms with Crippen LogP contribution in [0.15, 0.2) is 22.2 Å². The first-order valence-corrected chi connectivity index (χ1v) is 6.65. The van der Waals surface area contributed by atoms with Crippen LogP contribution in [0, 0.1) is 11.6 Å². The van der Waals surface area contributed by atoms with Crippen molar-refractivity contribution in [2.45, 2.75) is 6.42 Å². The van der Waals surface area contributed by atoms with Gasteiger partial charge in [-0.1, -0.05) is 5.16 Å². The van der Waals surface area contributed by atoms with Gasteiger partial charge in [0.2, 0.25) is 5.43 Å². The number of oxime groups is 1. The van der Waals surface area contributed by atoms with Crippen LogP contribution in [0.25, 0.3) is 10.9 Å². The number of anilines is 1. The van der Waals surface area contributed by atoms with Gasteiger partial charge in [-0.3, -0.25) is 4.79 Å². The number of fused-ring (bicyclic) bond motifs is 1. The zero-order chi connectivity index (χ0) is 16.7. The lowest BCUT2D eigenvalue weighted by Crippen LogP contribution is -2.23. The zero-order valence-corrected chi connectivity index (χ0v) is 11.6. The smallest absolute Gasteiger partial charge is 0.341 e. The summed E-state index contributed by atoms with van der Waals surface area (Å²) in [5.74, 6) is -3.46. The molecule has 23 heavy (non-hydrogen) atoms. The van der Waals surface area contributed by atoms with Gasteiger partial charge < -0.3 is 20.2 Å². The van der Waals surface area contributed by atoms with Crippen LogP contribution in [0.2, 0.25) is 0 Å². The van der Waals surface area contributed by atoms with E-state index >= 15 is 0 Å². The Morgan fingerprint density at radius 3 is 2.74 bits per heavy atom. The number of carboxylic acids is 1. The third kappa shape index (κ3) is 2.30. The number of carbonyl (C=O) groups is 1. The number of hydrogen-bond donors (Lipinski definition) is 3. The molecule has 0 aliphatic carbocycles. The molecule has 1 aromatic heterocycles. The lowest BCUT2D eigenvalue weighted by atomic mass is 10.1. The standard InChI is InChI=1S/C14H11F2N3O4/c15-9-3-7-11(17-4-8(13(7)20)14(21)22)10(16)12(9)19-2-1-6(5-19)18-23/h3-4,23H,1-2,5H2,(H,17,20)(H,21,22). The van der Waals surface area contributed by atoms with E-state index in [0.717, 1.165) is 12.3 Å². The molecule has 0 amide bonds. The second-order valence-corrected chi connectivity index (χ2v) is 5.12. The molecule has 1 saturated heterocycles. The van der Waals surface area contributed by atoms with Crippen molar-refractivity contribution in [3.05, 3.63) is 39.7 Å². The lowest BCUT2D eigenvalue weighted by molar-refractivity contribution is 0.0695. The number of benzene rings is 1. The molecule has 1 aliphatic heterocycles. The molecule has 0 saturated carbocycles. The van der Waals surface area contributed by atoms with Crippen molar-refractivity contribution in [2.24, 2.45) is 5.16 Å². The zero-order valence-electron chi connectivity index (χ0n) is 11.6. The van der Waals surface area contributed by atoms with Crippen molar-refractivity contribution in [3.8, 4) is 0 Å². The summed E-state index contributed by atoms with van der Waals surface area (Å²) in [5, 5.41) is 20.3. The number of aromatic nitrogens is 1. The maximum atomic E-state index is 14.6. The minimum Gasteiger partial charge on any atom is -0.477 e. The van der Waals surface area contributed by atoms with Crippen LogP contribution < -0.4 is 10.3 Å². The summed E-state index contributed by atoms with van der Waals surface area (Å²) in [6.45, 7) is 0.323. The average Bonchev–Trinajstić information content (AvgIpc) is 2.97. The summed E-state index contributed by atoms with van der Waals surface area (Å²) in [5.41, 5.74) is -1.80. The minimum atomic E-state index is -1.48. The molecule has 7 nitrogen and oxygen atoms in total. The highest BCUT2D eigenvalue weighted by Crippen LogP contribution is 2.30. The maximum absolute atomic E-state index is 14.6. The predicted molar refractivity (Wildman–Crippen MR) is 77.5 cm³/mol. The largest absolute Gasteiger partial charge is 0.477 e. The molecular weight excluding hydrogens is 312 g/mol. The summed E-state index contributed by atoms with van der Waals surface area (Å²) in [4.78, 5) is 26.7. The van der Waals surface area contributed by atoms with Gasteiger partial charge in [0, 0.05) is 19.2 Å². The highest BCUT2D eigenvalue weighted by Gasteiger charge is 2.27. The number of aromatic carboxylic acids is 1. The Kier molecular flexibility index (Phi) is 3.47. The molecule has 1 fully saturated rings. The Morgan fingerprint density at radius 2 is 2.13 bits per heavy atom. The second kappa shape index (κ2) is 5.34. The Bertz CT molecular complexity index is 907. The van der Waals surface area contributed by atoms with Crippen LogP contribution in [0.3, 0.4) is 0 Å². The number of rotatable bonds is 2. The lowest BCUT2D eigenvalue weighted by Gasteiger charge is -2.19. The third-order valence-corrected chi connectivity index (χ3v) is 3.78. The number of pyridine rings is 1. The van der Waals surface area contributed by atoms with E-state index < -0.39 is 28.6 Å². The van der Waals surface area contributed by atoms with Gasteiger partial charge in [0.05, 0.1) is 23.2 Å². The SMILES string of the molecule is O=C(O)c1c[nH]c2c(F)c(N3CCC(=NO)C3)c(F)cc2c1=O. The van der Waals surface area contributed by atoms with E-state index in [2.05, 4.69) is 10.1 Å². The fourth-order valence-electron chi connectivity index (χ4n) is 2.65. The van der Waals surface area contributed by atoms with Crippen LogP contribution in [-0.2, 0) is 0 Å². The summed E-state index contributed by atoms with van der Waals surface area (Å²) in [6.07, 6.45) is 1.24. The first-order valence-electron chi connectivity index (χ1n) is 6.65. The molecule has 2 aromatic rings. The molecule has 1 aromatic carbocycles. The number of aromatic amines is 1. The van der Waals surface area contributed by atoms with Gasteiger partial charge in [-0.25, -0.2) is 13.6 Å². The maximum Gasteiger partial charge on any atom is 0.341 e. The van der Waals surface area contributed by atoms with E-state index in [1.807, 2.05) is 0 Å². The van der Waals surface area contributed by atoms with Crippen LogP contribution in [0.5, 0.6) is 0 Å². The van der Waals surface area contributed by atoms with Crippen molar-refractivity contribution >= 4 is 28.3 Å². The van der Waals surface area contributed by atoms with Gasteiger partial charge in [-0.2, -0.15) is 0 Å². The van der Waals surface area contributed by atoms with E-state index in [1.165, 1.54) is 4.90 Å². The van der Waals surface area contributed by atoms with Gasteiger partial charge in [-0.15, -0.1) is 0 Å². The number of halogens is 2. The first kappa shape index (κ1) is 14.9. The Labute approximate surface area is 127 Å². The predicted octanol–water partition coefficient (Wildman–Crippen LogP) is 1.54. The van der Waals surface area contributed by atoms with Crippen molar-refractivity contribution in [1.29, 1.82) is 0 Å². The molecule has 2 heterocycles. The van der Waals surface area contributed by atoms with Gasteiger partial charge in [-0.05, 0) is 6.07 Å². The van der Waals surface area contributed by atoms with Gasteiger partial charge in [0.25, 0.3) is 0 Å². The van der Waals surface area contributed by atoms with E-state index in [9.17, 15) is 18.4 Å². The van der Waals surface area contributed by atoms with Crippen molar-refractivity contribution < 1.29 is 23.9 Å². The summed E-state index contributed by atoms with van der Waals surface area (Å²) in [7, 11) is 0. The number of nitrogens with one attached hydrogen (secondary N) is 1. The quantitative estimate of drug-likeness (QED) is 0.574. The Hall–Kier alpha value is -2.97. The molecule has 0 atom stereocenters. The number of H-pyrrole nitrogens is 1. The van der Waals surface area contributed by atoms with E-state index in [4.69, 9.17) is 10.3 Å². The van der Waals surface area contributed by atoms with Crippen LogP contribution in [0.4, 0.5) is 14.5 Å². The number of hydrogen-bond acceptors (Lipinski definition) is 5. The molecule has 120 valence electrons. The monoisotopic (exact) mass is 323 g/mol. The average molecular weight is 323 g/mol. The topological polar surface area (TPSA) is 106 Å². The van der Waals surface area contributed by atoms with Gasteiger partial charge >= 0.3 is 5.97 Å². The molecule has 0 unspecified atom stereocenters. The first-order chi connectivity index (χ1) is 10.9. The summed E-state index contributed by atoms with van der Waals surface area (Å²) < 4.78 is 28.9. The molecule has 0 radical (unpaired) electrons. The molecular formula is C14H11F2N3O4. The second-order valence-electron chi connectivity index (χ2n) is 5.12. The van der Waals surface area contributed by atoms with E-state index in [1.54, 1.807) is 0 Å². The van der Waals surface area contributed by atoms with Crippen LogP contribution >= 0.6 is 0 Å². The summed E-state index contributed by atoms with van der Waals surface area (Å²) in [6, 6.07) is 0.813.